The standard InChI is InChI=1S/C22H30N4O3/c1-3-29-20-12-16(4-5-19(20)27)13-25-9-8-17-18(14-25)23-22(24-21(17)28)26-10-6-15(2)7-11-26/h4-5,12,15,27H,3,6-11,13-14H2,1-2H3,(H,23,24,28). The van der Waals surface area contributed by atoms with Crippen LogP contribution >= 0.6 is 0 Å². The molecule has 2 aromatic rings. The predicted octanol–water partition coefficient (Wildman–Crippen LogP) is 2.67. The van der Waals surface area contributed by atoms with Crippen molar-refractivity contribution in [3.8, 4) is 11.5 Å². The third-order valence-electron chi connectivity index (χ3n) is 5.95. The Kier molecular flexibility index (Phi) is 5.76. The van der Waals surface area contributed by atoms with Gasteiger partial charge in [0.25, 0.3) is 5.56 Å². The molecule has 0 atom stereocenters. The van der Waals surface area contributed by atoms with Crippen LogP contribution in [0.15, 0.2) is 23.0 Å². The maximum Gasteiger partial charge on any atom is 0.255 e. The van der Waals surface area contributed by atoms with Gasteiger partial charge in [-0.25, -0.2) is 4.98 Å². The first-order chi connectivity index (χ1) is 14.0. The number of aromatic hydroxyl groups is 1. The number of fused-ring (bicyclic) bond motifs is 1. The van der Waals surface area contributed by atoms with E-state index in [1.165, 1.54) is 0 Å². The average Bonchev–Trinajstić information content (AvgIpc) is 2.71. The summed E-state index contributed by atoms with van der Waals surface area (Å²) in [5, 5.41) is 9.91. The number of benzene rings is 1. The fourth-order valence-corrected chi connectivity index (χ4v) is 4.17. The van der Waals surface area contributed by atoms with Crippen molar-refractivity contribution in [3.63, 3.8) is 0 Å². The molecule has 0 amide bonds. The highest BCUT2D eigenvalue weighted by atomic mass is 16.5. The zero-order valence-corrected chi connectivity index (χ0v) is 17.3. The molecule has 7 heteroatoms. The first kappa shape index (κ1) is 19.8. The van der Waals surface area contributed by atoms with Gasteiger partial charge in [-0.05, 0) is 49.8 Å². The maximum atomic E-state index is 12.6. The normalized spacial score (nSPS) is 17.9. The predicted molar refractivity (Wildman–Crippen MR) is 113 cm³/mol. The molecule has 1 aromatic carbocycles. The number of hydrogen-bond acceptors (Lipinski definition) is 6. The number of anilines is 1. The van der Waals surface area contributed by atoms with Gasteiger partial charge >= 0.3 is 0 Å². The SMILES string of the molecule is CCOc1cc(CN2CCc3c(nc(N4CCC(C)CC4)[nH]c3=O)C2)ccc1O. The summed E-state index contributed by atoms with van der Waals surface area (Å²) in [5.41, 5.74) is 2.78. The summed E-state index contributed by atoms with van der Waals surface area (Å²) in [6.07, 6.45) is 2.97. The number of phenolic OH excluding ortho intramolecular Hbond substituents is 1. The lowest BCUT2D eigenvalue weighted by Crippen LogP contribution is -2.39. The minimum absolute atomic E-state index is 0.00605. The third kappa shape index (κ3) is 4.40. The molecule has 0 bridgehead atoms. The van der Waals surface area contributed by atoms with Gasteiger partial charge in [0.2, 0.25) is 5.95 Å². The highest BCUT2D eigenvalue weighted by Gasteiger charge is 2.24. The highest BCUT2D eigenvalue weighted by molar-refractivity contribution is 5.42. The van der Waals surface area contributed by atoms with E-state index >= 15 is 0 Å². The van der Waals surface area contributed by atoms with Crippen molar-refractivity contribution in [2.75, 3.05) is 31.1 Å². The molecular formula is C22H30N4O3. The number of ether oxygens (including phenoxy) is 1. The van der Waals surface area contributed by atoms with Crippen LogP contribution in [0.2, 0.25) is 0 Å². The van der Waals surface area contributed by atoms with Crippen molar-refractivity contribution < 1.29 is 9.84 Å². The van der Waals surface area contributed by atoms with Crippen molar-refractivity contribution >= 4 is 5.95 Å². The number of aromatic amines is 1. The molecule has 0 spiro atoms. The van der Waals surface area contributed by atoms with E-state index in [-0.39, 0.29) is 11.3 Å². The number of hydrogen-bond donors (Lipinski definition) is 2. The van der Waals surface area contributed by atoms with Gasteiger partial charge in [-0.3, -0.25) is 14.7 Å². The van der Waals surface area contributed by atoms with E-state index in [1.54, 1.807) is 6.07 Å². The fraction of sp³-hybridized carbons (Fsp3) is 0.545. The van der Waals surface area contributed by atoms with Crippen molar-refractivity contribution in [1.29, 1.82) is 0 Å². The molecule has 3 heterocycles. The highest BCUT2D eigenvalue weighted by Crippen LogP contribution is 2.28. The largest absolute Gasteiger partial charge is 0.504 e. The van der Waals surface area contributed by atoms with Crippen molar-refractivity contribution in [1.82, 2.24) is 14.9 Å². The van der Waals surface area contributed by atoms with Gasteiger partial charge in [0.1, 0.15) is 0 Å². The monoisotopic (exact) mass is 398 g/mol. The number of aromatic nitrogens is 2. The second-order valence-corrected chi connectivity index (χ2v) is 8.18. The minimum atomic E-state index is 0.00605. The van der Waals surface area contributed by atoms with Crippen molar-refractivity contribution in [2.45, 2.75) is 46.2 Å². The zero-order chi connectivity index (χ0) is 20.4. The second kappa shape index (κ2) is 8.45. The van der Waals surface area contributed by atoms with Crippen LogP contribution in [0.4, 0.5) is 5.95 Å². The van der Waals surface area contributed by atoms with Gasteiger partial charge in [0.05, 0.1) is 12.3 Å². The molecule has 0 aliphatic carbocycles. The number of rotatable bonds is 5. The van der Waals surface area contributed by atoms with E-state index in [0.717, 1.165) is 61.8 Å². The van der Waals surface area contributed by atoms with Crippen LogP contribution in [0.5, 0.6) is 11.5 Å². The Hall–Kier alpha value is -2.54. The van der Waals surface area contributed by atoms with Crippen LogP contribution in [0, 0.1) is 5.92 Å². The summed E-state index contributed by atoms with van der Waals surface area (Å²) in [6.45, 7) is 8.77. The van der Waals surface area contributed by atoms with Crippen molar-refractivity contribution in [2.24, 2.45) is 5.92 Å². The molecule has 2 aliphatic heterocycles. The average molecular weight is 399 g/mol. The molecule has 4 rings (SSSR count). The lowest BCUT2D eigenvalue weighted by molar-refractivity contribution is 0.239. The number of piperidine rings is 1. The molecular weight excluding hydrogens is 368 g/mol. The summed E-state index contributed by atoms with van der Waals surface area (Å²) < 4.78 is 5.50. The van der Waals surface area contributed by atoms with Crippen LogP contribution in [0.25, 0.3) is 0 Å². The number of nitrogens with zero attached hydrogens (tertiary/aromatic N) is 3. The summed E-state index contributed by atoms with van der Waals surface area (Å²) in [4.78, 5) is 25.0. The molecule has 1 saturated heterocycles. The Bertz CT molecular complexity index is 919. The Morgan fingerprint density at radius 1 is 1.28 bits per heavy atom. The van der Waals surface area contributed by atoms with E-state index < -0.39 is 0 Å². The van der Waals surface area contributed by atoms with Crippen molar-refractivity contribution in [3.05, 3.63) is 45.4 Å². The van der Waals surface area contributed by atoms with Gasteiger partial charge in [0.15, 0.2) is 11.5 Å². The molecule has 2 aliphatic rings. The molecule has 7 nitrogen and oxygen atoms in total. The van der Waals surface area contributed by atoms with E-state index in [4.69, 9.17) is 9.72 Å². The number of phenols is 1. The van der Waals surface area contributed by atoms with E-state index in [9.17, 15) is 9.90 Å². The molecule has 156 valence electrons. The van der Waals surface area contributed by atoms with Gasteiger partial charge < -0.3 is 14.7 Å². The van der Waals surface area contributed by atoms with Crippen LogP contribution in [-0.4, -0.2) is 46.2 Å². The molecule has 0 radical (unpaired) electrons. The lowest BCUT2D eigenvalue weighted by Gasteiger charge is -2.32. The quantitative estimate of drug-likeness (QED) is 0.806. The summed E-state index contributed by atoms with van der Waals surface area (Å²) >= 11 is 0. The topological polar surface area (TPSA) is 81.7 Å². The van der Waals surface area contributed by atoms with Crippen LogP contribution in [0.1, 0.15) is 43.5 Å². The maximum absolute atomic E-state index is 12.6. The Labute approximate surface area is 171 Å². The fourth-order valence-electron chi connectivity index (χ4n) is 4.17. The first-order valence-electron chi connectivity index (χ1n) is 10.6. The molecule has 2 N–H and O–H groups in total. The lowest BCUT2D eigenvalue weighted by atomic mass is 9.99. The molecule has 0 unspecified atom stereocenters. The Morgan fingerprint density at radius 3 is 2.83 bits per heavy atom. The molecule has 29 heavy (non-hydrogen) atoms. The van der Waals surface area contributed by atoms with Crippen LogP contribution in [0.3, 0.4) is 0 Å². The number of H-pyrrole nitrogens is 1. The third-order valence-corrected chi connectivity index (χ3v) is 5.95. The van der Waals surface area contributed by atoms with E-state index in [0.29, 0.717) is 31.3 Å². The minimum Gasteiger partial charge on any atom is -0.504 e. The van der Waals surface area contributed by atoms with E-state index in [2.05, 4.69) is 21.7 Å². The molecule has 1 fully saturated rings. The number of nitrogens with one attached hydrogen (secondary N) is 1. The molecule has 0 saturated carbocycles. The first-order valence-corrected chi connectivity index (χ1v) is 10.6. The Balaban J connectivity index is 1.50. The van der Waals surface area contributed by atoms with Gasteiger partial charge in [0, 0.05) is 38.3 Å². The van der Waals surface area contributed by atoms with Gasteiger partial charge in [-0.15, -0.1) is 0 Å². The van der Waals surface area contributed by atoms with Gasteiger partial charge in [-0.1, -0.05) is 13.0 Å². The Morgan fingerprint density at radius 2 is 2.07 bits per heavy atom. The smallest absolute Gasteiger partial charge is 0.255 e. The summed E-state index contributed by atoms with van der Waals surface area (Å²) in [7, 11) is 0. The van der Waals surface area contributed by atoms with Crippen LogP contribution in [-0.2, 0) is 19.5 Å². The second-order valence-electron chi connectivity index (χ2n) is 8.18. The summed E-state index contributed by atoms with van der Waals surface area (Å²) in [6, 6.07) is 5.48. The van der Waals surface area contributed by atoms with Crippen LogP contribution < -0.4 is 15.2 Å². The zero-order valence-electron chi connectivity index (χ0n) is 17.3. The van der Waals surface area contributed by atoms with Gasteiger partial charge in [-0.2, -0.15) is 0 Å². The van der Waals surface area contributed by atoms with E-state index in [1.807, 2.05) is 19.1 Å². The summed E-state index contributed by atoms with van der Waals surface area (Å²) in [5.74, 6) is 2.12. The molecule has 1 aromatic heterocycles.